The van der Waals surface area contributed by atoms with Crippen molar-refractivity contribution in [3.8, 4) is 0 Å². The van der Waals surface area contributed by atoms with E-state index in [0.717, 1.165) is 30.7 Å². The Hall–Kier alpha value is -0.840. The highest BCUT2D eigenvalue weighted by Gasteiger charge is 2.22. The van der Waals surface area contributed by atoms with Crippen LogP contribution < -0.4 is 11.1 Å². The third kappa shape index (κ3) is 3.13. The summed E-state index contributed by atoms with van der Waals surface area (Å²) in [5.41, 5.74) is 7.24. The molecule has 1 aliphatic heterocycles. The molecule has 1 saturated heterocycles. The van der Waals surface area contributed by atoms with Gasteiger partial charge in [-0.3, -0.25) is 0 Å². The van der Waals surface area contributed by atoms with Crippen LogP contribution in [0.5, 0.6) is 0 Å². The zero-order valence-corrected chi connectivity index (χ0v) is 11.9. The molecule has 2 rings (SSSR count). The fourth-order valence-corrected chi connectivity index (χ4v) is 2.48. The van der Waals surface area contributed by atoms with Crippen molar-refractivity contribution in [1.29, 1.82) is 0 Å². The fraction of sp³-hybridized carbons (Fsp3) is 0.462. The molecule has 0 aromatic heterocycles. The van der Waals surface area contributed by atoms with E-state index in [9.17, 15) is 0 Å². The molecule has 2 atom stereocenters. The third-order valence-electron chi connectivity index (χ3n) is 3.16. The first-order chi connectivity index (χ1) is 8.58. The summed E-state index contributed by atoms with van der Waals surface area (Å²) in [4.78, 5) is 0.357. The Kier molecular flexibility index (Phi) is 4.43. The molecule has 0 aliphatic carbocycles. The maximum Gasteiger partial charge on any atom is 0.104 e. The summed E-state index contributed by atoms with van der Waals surface area (Å²) in [5, 5.41) is 4.01. The Labute approximate surface area is 118 Å². The molecular formula is C13H17ClN2OS. The summed E-state index contributed by atoms with van der Waals surface area (Å²) in [6.07, 6.45) is 2.48. The van der Waals surface area contributed by atoms with Crippen LogP contribution in [0, 0.1) is 0 Å². The van der Waals surface area contributed by atoms with E-state index in [1.165, 1.54) is 0 Å². The van der Waals surface area contributed by atoms with Gasteiger partial charge >= 0.3 is 0 Å². The van der Waals surface area contributed by atoms with Crippen LogP contribution in [0.25, 0.3) is 0 Å². The maximum absolute atomic E-state index is 6.21. The van der Waals surface area contributed by atoms with Gasteiger partial charge in [-0.2, -0.15) is 0 Å². The van der Waals surface area contributed by atoms with Crippen molar-refractivity contribution in [2.75, 3.05) is 11.9 Å². The van der Waals surface area contributed by atoms with Gasteiger partial charge in [-0.1, -0.05) is 23.8 Å². The van der Waals surface area contributed by atoms with Gasteiger partial charge in [-0.05, 0) is 38.0 Å². The van der Waals surface area contributed by atoms with E-state index in [1.54, 1.807) is 6.07 Å². The van der Waals surface area contributed by atoms with Crippen molar-refractivity contribution in [2.45, 2.75) is 31.9 Å². The number of halogens is 1. The van der Waals surface area contributed by atoms with Crippen LogP contribution in [0.15, 0.2) is 18.2 Å². The van der Waals surface area contributed by atoms with Crippen LogP contribution in [0.3, 0.4) is 0 Å². The first-order valence-electron chi connectivity index (χ1n) is 6.05. The number of nitrogens with two attached hydrogens (primary N) is 1. The second-order valence-corrected chi connectivity index (χ2v) is 5.39. The SMILES string of the molecule is CC(Nc1ccc(C(N)=S)cc1Cl)C1CCCO1. The van der Waals surface area contributed by atoms with Crippen LogP contribution in [0.2, 0.25) is 5.02 Å². The monoisotopic (exact) mass is 284 g/mol. The van der Waals surface area contributed by atoms with E-state index in [1.807, 2.05) is 12.1 Å². The average molecular weight is 285 g/mol. The molecule has 2 unspecified atom stereocenters. The minimum Gasteiger partial charge on any atom is -0.389 e. The number of hydrogen-bond acceptors (Lipinski definition) is 3. The Bertz CT molecular complexity index is 447. The summed E-state index contributed by atoms with van der Waals surface area (Å²) in [6.45, 7) is 2.96. The van der Waals surface area contributed by atoms with Crippen molar-refractivity contribution in [1.82, 2.24) is 0 Å². The zero-order valence-electron chi connectivity index (χ0n) is 10.3. The quantitative estimate of drug-likeness (QED) is 0.835. The Morgan fingerprint density at radius 3 is 2.94 bits per heavy atom. The molecular weight excluding hydrogens is 268 g/mol. The average Bonchev–Trinajstić information content (AvgIpc) is 2.85. The van der Waals surface area contributed by atoms with Gasteiger partial charge in [0.2, 0.25) is 0 Å². The standard InChI is InChI=1S/C13H17ClN2OS/c1-8(12-3-2-6-17-12)16-11-5-4-9(13(15)18)7-10(11)14/h4-5,7-8,12,16H,2-3,6H2,1H3,(H2,15,18). The third-order valence-corrected chi connectivity index (χ3v) is 3.71. The van der Waals surface area contributed by atoms with E-state index in [-0.39, 0.29) is 12.1 Å². The molecule has 0 saturated carbocycles. The molecule has 0 amide bonds. The number of benzene rings is 1. The Morgan fingerprint density at radius 1 is 1.61 bits per heavy atom. The highest BCUT2D eigenvalue weighted by Crippen LogP contribution is 2.26. The summed E-state index contributed by atoms with van der Waals surface area (Å²) in [7, 11) is 0. The predicted molar refractivity (Wildman–Crippen MR) is 79.4 cm³/mol. The van der Waals surface area contributed by atoms with Crippen molar-refractivity contribution >= 4 is 34.5 Å². The summed E-state index contributed by atoms with van der Waals surface area (Å²) >= 11 is 11.1. The number of ether oxygens (including phenoxy) is 1. The molecule has 3 nitrogen and oxygen atoms in total. The molecule has 18 heavy (non-hydrogen) atoms. The molecule has 3 N–H and O–H groups in total. The lowest BCUT2D eigenvalue weighted by Crippen LogP contribution is -2.30. The second-order valence-electron chi connectivity index (χ2n) is 4.54. The topological polar surface area (TPSA) is 47.3 Å². The van der Waals surface area contributed by atoms with Gasteiger partial charge in [0.15, 0.2) is 0 Å². The van der Waals surface area contributed by atoms with Crippen molar-refractivity contribution < 1.29 is 4.74 Å². The first kappa shape index (κ1) is 13.6. The maximum atomic E-state index is 6.21. The zero-order chi connectivity index (χ0) is 13.1. The van der Waals surface area contributed by atoms with Crippen molar-refractivity contribution in [3.05, 3.63) is 28.8 Å². The number of anilines is 1. The largest absolute Gasteiger partial charge is 0.389 e. The predicted octanol–water partition coefficient (Wildman–Crippen LogP) is 2.95. The highest BCUT2D eigenvalue weighted by atomic mass is 35.5. The van der Waals surface area contributed by atoms with Crippen LogP contribution >= 0.6 is 23.8 Å². The van der Waals surface area contributed by atoms with E-state index in [2.05, 4.69) is 12.2 Å². The number of rotatable bonds is 4. The molecule has 0 bridgehead atoms. The van der Waals surface area contributed by atoms with Crippen LogP contribution in [-0.4, -0.2) is 23.7 Å². The Morgan fingerprint density at radius 2 is 2.39 bits per heavy atom. The highest BCUT2D eigenvalue weighted by molar-refractivity contribution is 7.80. The Balaban J connectivity index is 2.06. The normalized spacial score (nSPS) is 20.7. The van der Waals surface area contributed by atoms with E-state index >= 15 is 0 Å². The lowest BCUT2D eigenvalue weighted by Gasteiger charge is -2.22. The van der Waals surface area contributed by atoms with Gasteiger partial charge in [0.25, 0.3) is 0 Å². The lowest BCUT2D eigenvalue weighted by molar-refractivity contribution is 0.0996. The van der Waals surface area contributed by atoms with Gasteiger partial charge in [0.1, 0.15) is 4.99 Å². The first-order valence-corrected chi connectivity index (χ1v) is 6.84. The van der Waals surface area contributed by atoms with Gasteiger partial charge in [-0.25, -0.2) is 0 Å². The molecule has 1 fully saturated rings. The minimum absolute atomic E-state index is 0.237. The van der Waals surface area contributed by atoms with Gasteiger partial charge < -0.3 is 15.8 Å². The molecule has 1 heterocycles. The summed E-state index contributed by atoms with van der Waals surface area (Å²) in [6, 6.07) is 5.80. The number of nitrogens with one attached hydrogen (secondary N) is 1. The molecule has 98 valence electrons. The number of hydrogen-bond donors (Lipinski definition) is 2. The fourth-order valence-electron chi connectivity index (χ4n) is 2.12. The molecule has 1 aliphatic rings. The minimum atomic E-state index is 0.237. The number of thiocarbonyl (C=S) groups is 1. The van der Waals surface area contributed by atoms with Crippen LogP contribution in [0.1, 0.15) is 25.3 Å². The van der Waals surface area contributed by atoms with Crippen LogP contribution in [0.4, 0.5) is 5.69 Å². The summed E-state index contributed by atoms with van der Waals surface area (Å²) < 4.78 is 5.64. The molecule has 0 radical (unpaired) electrons. The van der Waals surface area contributed by atoms with Crippen molar-refractivity contribution in [3.63, 3.8) is 0 Å². The molecule has 1 aromatic carbocycles. The summed E-state index contributed by atoms with van der Waals surface area (Å²) in [5.74, 6) is 0. The van der Waals surface area contributed by atoms with E-state index in [0.29, 0.717) is 10.0 Å². The smallest absolute Gasteiger partial charge is 0.104 e. The molecule has 5 heteroatoms. The van der Waals surface area contributed by atoms with Crippen molar-refractivity contribution in [2.24, 2.45) is 5.73 Å². The van der Waals surface area contributed by atoms with Gasteiger partial charge in [-0.15, -0.1) is 0 Å². The van der Waals surface area contributed by atoms with Gasteiger partial charge in [0, 0.05) is 18.2 Å². The lowest BCUT2D eigenvalue weighted by atomic mass is 10.1. The molecule has 0 spiro atoms. The van der Waals surface area contributed by atoms with Gasteiger partial charge in [0.05, 0.1) is 16.8 Å². The van der Waals surface area contributed by atoms with Crippen LogP contribution in [-0.2, 0) is 4.74 Å². The van der Waals surface area contributed by atoms with E-state index in [4.69, 9.17) is 34.3 Å². The van der Waals surface area contributed by atoms with E-state index < -0.39 is 0 Å². The molecule has 1 aromatic rings. The second kappa shape index (κ2) is 5.87.